The zero-order chi connectivity index (χ0) is 17.4. The van der Waals surface area contributed by atoms with Crippen molar-refractivity contribution >= 4 is 18.0 Å². The zero-order valence-electron chi connectivity index (χ0n) is 13.8. The lowest BCUT2D eigenvalue weighted by Gasteiger charge is -2.17. The molecule has 0 saturated heterocycles. The van der Waals surface area contributed by atoms with Gasteiger partial charge < -0.3 is 10.1 Å². The molecule has 1 aromatic carbocycles. The van der Waals surface area contributed by atoms with Crippen LogP contribution in [0.2, 0.25) is 0 Å². The summed E-state index contributed by atoms with van der Waals surface area (Å²) < 4.78 is 5.48. The van der Waals surface area contributed by atoms with E-state index in [0.717, 1.165) is 36.8 Å². The minimum Gasteiger partial charge on any atom is -0.461 e. The van der Waals surface area contributed by atoms with Crippen molar-refractivity contribution in [3.63, 3.8) is 0 Å². The van der Waals surface area contributed by atoms with E-state index in [0.29, 0.717) is 6.54 Å². The quantitative estimate of drug-likeness (QED) is 0.308. The Labute approximate surface area is 141 Å². The molecule has 0 aromatic heterocycles. The second kappa shape index (κ2) is 9.20. The number of nitrogens with one attached hydrogen (secondary N) is 2. The van der Waals surface area contributed by atoms with Crippen LogP contribution in [0.15, 0.2) is 30.3 Å². The van der Waals surface area contributed by atoms with E-state index in [2.05, 4.69) is 5.32 Å². The van der Waals surface area contributed by atoms with Crippen molar-refractivity contribution in [3.8, 4) is 0 Å². The molecule has 0 aliphatic heterocycles. The number of hydrogen-bond acceptors (Lipinski definition) is 5. The van der Waals surface area contributed by atoms with Crippen molar-refractivity contribution in [2.75, 3.05) is 0 Å². The normalized spacial score (nSPS) is 16.2. The molecule has 1 amide bonds. The number of benzene rings is 1. The summed E-state index contributed by atoms with van der Waals surface area (Å²) in [5, 5.41) is 11.6. The van der Waals surface area contributed by atoms with Crippen LogP contribution in [0.5, 0.6) is 0 Å². The maximum absolute atomic E-state index is 12.0. The summed E-state index contributed by atoms with van der Waals surface area (Å²) >= 11 is 0. The molecule has 3 N–H and O–H groups in total. The Morgan fingerprint density at radius 1 is 1.29 bits per heavy atom. The molecule has 1 aromatic rings. The van der Waals surface area contributed by atoms with Gasteiger partial charge in [0.15, 0.2) is 0 Å². The summed E-state index contributed by atoms with van der Waals surface area (Å²) in [5.74, 6) is -0.771. The topological polar surface area (TPSA) is 87.7 Å². The van der Waals surface area contributed by atoms with Crippen LogP contribution < -0.4 is 10.8 Å². The van der Waals surface area contributed by atoms with Gasteiger partial charge in [-0.25, -0.2) is 5.48 Å². The van der Waals surface area contributed by atoms with Crippen molar-refractivity contribution in [1.82, 2.24) is 10.8 Å². The molecule has 0 spiro atoms. The van der Waals surface area contributed by atoms with Crippen molar-refractivity contribution in [2.24, 2.45) is 0 Å². The first-order valence-electron chi connectivity index (χ1n) is 8.23. The average molecular weight is 332 g/mol. The van der Waals surface area contributed by atoms with Crippen molar-refractivity contribution in [1.29, 1.82) is 0 Å². The predicted molar refractivity (Wildman–Crippen MR) is 90.1 cm³/mol. The molecule has 6 heteroatoms. The van der Waals surface area contributed by atoms with E-state index >= 15 is 0 Å². The molecule has 0 heterocycles. The van der Waals surface area contributed by atoms with Gasteiger partial charge in [-0.05, 0) is 49.8 Å². The second-order valence-electron chi connectivity index (χ2n) is 6.00. The first kappa shape index (κ1) is 18.2. The van der Waals surface area contributed by atoms with Gasteiger partial charge in [0.05, 0.1) is 0 Å². The molecule has 0 bridgehead atoms. The fourth-order valence-electron chi connectivity index (χ4n) is 2.58. The van der Waals surface area contributed by atoms with E-state index in [4.69, 9.17) is 9.94 Å². The lowest BCUT2D eigenvalue weighted by molar-refractivity contribution is -0.150. The third-order valence-electron chi connectivity index (χ3n) is 4.07. The van der Waals surface area contributed by atoms with Gasteiger partial charge in [-0.2, -0.15) is 0 Å². The number of amides is 1. The van der Waals surface area contributed by atoms with Gasteiger partial charge in [0.25, 0.3) is 5.91 Å². The summed E-state index contributed by atoms with van der Waals surface area (Å²) in [6.45, 7) is 2.37. The van der Waals surface area contributed by atoms with Crippen molar-refractivity contribution in [3.05, 3.63) is 41.5 Å². The van der Waals surface area contributed by atoms with Crippen molar-refractivity contribution < 1.29 is 19.5 Å². The highest BCUT2D eigenvalue weighted by Gasteiger charge is 2.22. The Bertz CT molecular complexity index is 577. The number of hydroxylamine groups is 1. The van der Waals surface area contributed by atoms with E-state index in [1.807, 2.05) is 31.2 Å². The summed E-state index contributed by atoms with van der Waals surface area (Å²) in [6.07, 6.45) is 7.16. The SMILES string of the molecule is CC(NCc1ccc(/C=C/C(=O)NO)cc1)C(=O)OC1CCCC1. The van der Waals surface area contributed by atoms with E-state index < -0.39 is 5.91 Å². The van der Waals surface area contributed by atoms with Crippen LogP contribution in [0.4, 0.5) is 0 Å². The number of hydrogen-bond donors (Lipinski definition) is 3. The summed E-state index contributed by atoms with van der Waals surface area (Å²) in [5.41, 5.74) is 3.41. The zero-order valence-corrected chi connectivity index (χ0v) is 13.8. The molecule has 1 fully saturated rings. The van der Waals surface area contributed by atoms with Crippen LogP contribution in [0.25, 0.3) is 6.08 Å². The Morgan fingerprint density at radius 3 is 2.58 bits per heavy atom. The monoisotopic (exact) mass is 332 g/mol. The van der Waals surface area contributed by atoms with Crippen LogP contribution >= 0.6 is 0 Å². The largest absolute Gasteiger partial charge is 0.461 e. The van der Waals surface area contributed by atoms with E-state index in [1.165, 1.54) is 11.6 Å². The highest BCUT2D eigenvalue weighted by atomic mass is 16.5. The predicted octanol–water partition coefficient (Wildman–Crippen LogP) is 2.17. The van der Waals surface area contributed by atoms with Gasteiger partial charge in [0.2, 0.25) is 0 Å². The summed E-state index contributed by atoms with van der Waals surface area (Å²) in [6, 6.07) is 7.20. The minimum atomic E-state index is -0.574. The molecule has 0 radical (unpaired) electrons. The molecule has 1 atom stereocenters. The van der Waals surface area contributed by atoms with Crippen LogP contribution in [0, 0.1) is 0 Å². The number of ether oxygens (including phenoxy) is 1. The highest BCUT2D eigenvalue weighted by Crippen LogP contribution is 2.21. The van der Waals surface area contributed by atoms with Gasteiger partial charge in [0, 0.05) is 12.6 Å². The van der Waals surface area contributed by atoms with Gasteiger partial charge in [-0.3, -0.25) is 14.8 Å². The fraction of sp³-hybridized carbons (Fsp3) is 0.444. The Hall–Kier alpha value is -2.18. The van der Waals surface area contributed by atoms with Crippen LogP contribution in [0.1, 0.15) is 43.7 Å². The highest BCUT2D eigenvalue weighted by molar-refractivity contribution is 5.90. The molecule has 6 nitrogen and oxygen atoms in total. The number of carbonyl (C=O) groups excluding carboxylic acids is 2. The Kier molecular flexibility index (Phi) is 6.96. The second-order valence-corrected chi connectivity index (χ2v) is 6.00. The first-order chi connectivity index (χ1) is 11.6. The maximum Gasteiger partial charge on any atom is 0.323 e. The fourth-order valence-corrected chi connectivity index (χ4v) is 2.58. The molecule has 24 heavy (non-hydrogen) atoms. The van der Waals surface area contributed by atoms with Gasteiger partial charge in [0.1, 0.15) is 12.1 Å². The average Bonchev–Trinajstić information content (AvgIpc) is 3.11. The van der Waals surface area contributed by atoms with Gasteiger partial charge in [-0.15, -0.1) is 0 Å². The van der Waals surface area contributed by atoms with Crippen LogP contribution in [-0.2, 0) is 20.9 Å². The summed E-state index contributed by atoms with van der Waals surface area (Å²) in [7, 11) is 0. The third-order valence-corrected chi connectivity index (χ3v) is 4.07. The molecular weight excluding hydrogens is 308 g/mol. The lowest BCUT2D eigenvalue weighted by atomic mass is 10.1. The van der Waals surface area contributed by atoms with E-state index in [1.54, 1.807) is 6.08 Å². The third kappa shape index (κ3) is 5.79. The van der Waals surface area contributed by atoms with E-state index in [9.17, 15) is 9.59 Å². The molecule has 1 aliphatic rings. The lowest BCUT2D eigenvalue weighted by Crippen LogP contribution is -2.36. The van der Waals surface area contributed by atoms with Crippen LogP contribution in [-0.4, -0.2) is 29.2 Å². The number of esters is 1. The van der Waals surface area contributed by atoms with Gasteiger partial charge >= 0.3 is 5.97 Å². The molecule has 1 aliphatic carbocycles. The Balaban J connectivity index is 1.77. The number of rotatable bonds is 7. The molecule has 130 valence electrons. The Morgan fingerprint density at radius 2 is 1.96 bits per heavy atom. The van der Waals surface area contributed by atoms with Crippen molar-refractivity contribution in [2.45, 2.75) is 51.3 Å². The standard InChI is InChI=1S/C18H24N2O4/c1-13(18(22)24-16-4-2-3-5-16)19-12-15-8-6-14(7-9-15)10-11-17(21)20-23/h6-11,13,16,19,23H,2-5,12H2,1H3,(H,20,21)/b11-10+. The van der Waals surface area contributed by atoms with Gasteiger partial charge in [-0.1, -0.05) is 24.3 Å². The van der Waals surface area contributed by atoms with Crippen LogP contribution in [0.3, 0.4) is 0 Å². The molecule has 1 unspecified atom stereocenters. The first-order valence-corrected chi connectivity index (χ1v) is 8.23. The molecule has 2 rings (SSSR count). The maximum atomic E-state index is 12.0. The smallest absolute Gasteiger partial charge is 0.323 e. The molecule has 1 saturated carbocycles. The minimum absolute atomic E-state index is 0.0870. The number of carbonyl (C=O) groups is 2. The summed E-state index contributed by atoms with van der Waals surface area (Å²) in [4.78, 5) is 22.9. The molecular formula is C18H24N2O4. The van der Waals surface area contributed by atoms with E-state index in [-0.39, 0.29) is 18.1 Å².